The predicted octanol–water partition coefficient (Wildman–Crippen LogP) is 6.85. The Labute approximate surface area is 275 Å². The molecule has 2 N–H and O–H groups in total. The molecular formula is C36H46F2N6O3. The summed E-state index contributed by atoms with van der Waals surface area (Å²) in [4.78, 5) is 39.8. The van der Waals surface area contributed by atoms with Gasteiger partial charge in [-0.25, -0.2) is 18.6 Å². The Morgan fingerprint density at radius 1 is 0.936 bits per heavy atom. The summed E-state index contributed by atoms with van der Waals surface area (Å²) in [5, 5.41) is 2.70. The number of imidazole rings is 1. The van der Waals surface area contributed by atoms with Gasteiger partial charge in [-0.3, -0.25) is 4.79 Å². The van der Waals surface area contributed by atoms with Gasteiger partial charge in [0.2, 0.25) is 5.91 Å². The molecule has 2 amide bonds. The van der Waals surface area contributed by atoms with Gasteiger partial charge in [-0.15, -0.1) is 0 Å². The number of carbonyl (C=O) groups excluding carboxylic acids is 2. The number of anilines is 2. The number of carbonyl (C=O) groups is 2. The van der Waals surface area contributed by atoms with Crippen LogP contribution in [0.1, 0.15) is 88.7 Å². The van der Waals surface area contributed by atoms with Crippen LogP contribution < -0.4 is 15.1 Å². The molecule has 47 heavy (non-hydrogen) atoms. The van der Waals surface area contributed by atoms with Crippen LogP contribution in [0.2, 0.25) is 0 Å². The summed E-state index contributed by atoms with van der Waals surface area (Å²) in [5.41, 5.74) is 3.41. The maximum atomic E-state index is 15.7. The first-order valence-corrected chi connectivity index (χ1v) is 17.4. The van der Waals surface area contributed by atoms with Crippen LogP contribution in [0.25, 0.3) is 11.0 Å². The maximum absolute atomic E-state index is 15.7. The number of benzene rings is 2. The third-order valence-electron chi connectivity index (χ3n) is 11.0. The van der Waals surface area contributed by atoms with Crippen molar-refractivity contribution >= 4 is 34.4 Å². The van der Waals surface area contributed by atoms with E-state index in [0.29, 0.717) is 29.9 Å². The van der Waals surface area contributed by atoms with Crippen LogP contribution in [0.15, 0.2) is 30.3 Å². The lowest BCUT2D eigenvalue weighted by Crippen LogP contribution is -2.51. The van der Waals surface area contributed by atoms with Crippen molar-refractivity contribution in [2.45, 2.75) is 83.3 Å². The zero-order valence-electron chi connectivity index (χ0n) is 27.6. The van der Waals surface area contributed by atoms with Crippen LogP contribution in [-0.4, -0.2) is 66.2 Å². The van der Waals surface area contributed by atoms with E-state index in [0.717, 1.165) is 74.8 Å². The molecule has 11 heteroatoms. The van der Waals surface area contributed by atoms with E-state index in [1.165, 1.54) is 32.1 Å². The molecule has 3 saturated heterocycles. The third kappa shape index (κ3) is 6.02. The summed E-state index contributed by atoms with van der Waals surface area (Å²) in [6, 6.07) is 8.21. The van der Waals surface area contributed by atoms with Gasteiger partial charge < -0.3 is 29.7 Å². The number of fused-ring (bicyclic) bond motifs is 2. The minimum Gasteiger partial charge on any atom is -0.453 e. The Bertz CT molecular complexity index is 1610. The number of nitrogens with one attached hydrogen (secondary N) is 2. The summed E-state index contributed by atoms with van der Waals surface area (Å²) in [6.45, 7) is 6.58. The largest absolute Gasteiger partial charge is 0.453 e. The second kappa shape index (κ2) is 13.0. The van der Waals surface area contributed by atoms with Gasteiger partial charge in [-0.2, -0.15) is 0 Å². The Hall–Kier alpha value is -3.89. The number of aromatic nitrogens is 2. The number of halogens is 2. The Balaban J connectivity index is 1.10. The molecule has 0 spiro atoms. The second-order valence-electron chi connectivity index (χ2n) is 14.3. The molecule has 4 fully saturated rings. The molecular weight excluding hydrogens is 602 g/mol. The maximum Gasteiger partial charge on any atom is 0.407 e. The molecule has 1 aliphatic carbocycles. The van der Waals surface area contributed by atoms with Crippen LogP contribution >= 0.6 is 0 Å². The molecule has 5 atom stereocenters. The molecule has 2 aromatic carbocycles. The number of aromatic amines is 1. The molecule has 3 aliphatic heterocycles. The lowest BCUT2D eigenvalue weighted by molar-refractivity contribution is -0.135. The molecule has 7 rings (SSSR count). The molecule has 1 unspecified atom stereocenters. The van der Waals surface area contributed by atoms with Crippen molar-refractivity contribution < 1.29 is 23.1 Å². The summed E-state index contributed by atoms with van der Waals surface area (Å²) >= 11 is 0. The van der Waals surface area contributed by atoms with E-state index < -0.39 is 23.8 Å². The number of hydrogen-bond acceptors (Lipinski definition) is 6. The van der Waals surface area contributed by atoms with Gasteiger partial charge >= 0.3 is 6.09 Å². The first-order valence-electron chi connectivity index (χ1n) is 17.4. The standard InChI is InChI=1S/C36H46F2N6O3/c1-21(2)32(41-36(46)47-3)35(45)44-15-7-11-31(44)34-39-28-13-12-22(16-29(28)40-34)30-10-6-14-43(30)25-17-26(37)33(27(38)18-25)42-19-23-8-4-5-9-24(23)20-42/h12-13,16-18,21,23-24,30-32H,4-11,14-15,19-20H2,1-3H3,(H,39,40)(H,41,46)/t23-,24+,30-,31+,32?/m1/s1. The van der Waals surface area contributed by atoms with Crippen LogP contribution in [0.3, 0.4) is 0 Å². The minimum absolute atomic E-state index is 0.0281. The van der Waals surface area contributed by atoms with E-state index in [1.807, 2.05) is 24.8 Å². The Morgan fingerprint density at radius 3 is 2.30 bits per heavy atom. The average Bonchev–Trinajstić information content (AvgIpc) is 3.87. The van der Waals surface area contributed by atoms with Crippen molar-refractivity contribution in [1.29, 1.82) is 0 Å². The smallest absolute Gasteiger partial charge is 0.407 e. The number of rotatable bonds is 7. The van der Waals surface area contributed by atoms with Gasteiger partial charge in [-0.05, 0) is 86.1 Å². The fraction of sp³-hybridized carbons (Fsp3) is 0.583. The molecule has 252 valence electrons. The zero-order valence-corrected chi connectivity index (χ0v) is 27.6. The number of hydrogen-bond donors (Lipinski definition) is 2. The van der Waals surface area contributed by atoms with Gasteiger partial charge in [0.15, 0.2) is 11.6 Å². The third-order valence-corrected chi connectivity index (χ3v) is 11.0. The molecule has 0 bridgehead atoms. The molecule has 9 nitrogen and oxygen atoms in total. The summed E-state index contributed by atoms with van der Waals surface area (Å²) < 4.78 is 36.1. The number of amides is 2. The van der Waals surface area contributed by atoms with Crippen molar-refractivity contribution in [2.24, 2.45) is 17.8 Å². The highest BCUT2D eigenvalue weighted by molar-refractivity contribution is 5.86. The monoisotopic (exact) mass is 648 g/mol. The first kappa shape index (κ1) is 31.7. The van der Waals surface area contributed by atoms with Crippen LogP contribution in [0.4, 0.5) is 25.0 Å². The lowest BCUT2D eigenvalue weighted by atomic mass is 9.82. The lowest BCUT2D eigenvalue weighted by Gasteiger charge is -2.29. The van der Waals surface area contributed by atoms with E-state index in [9.17, 15) is 9.59 Å². The quantitative estimate of drug-likeness (QED) is 0.291. The normalized spacial score (nSPS) is 25.1. The molecule has 1 aromatic heterocycles. The molecule has 4 aliphatic rings. The first-order chi connectivity index (χ1) is 22.7. The van der Waals surface area contributed by atoms with Crippen molar-refractivity contribution in [3.8, 4) is 0 Å². The summed E-state index contributed by atoms with van der Waals surface area (Å²) in [5.74, 6) is 0.583. The van der Waals surface area contributed by atoms with Crippen molar-refractivity contribution in [3.05, 3.63) is 53.4 Å². The fourth-order valence-electron chi connectivity index (χ4n) is 8.63. The van der Waals surface area contributed by atoms with Gasteiger partial charge in [-0.1, -0.05) is 32.8 Å². The SMILES string of the molecule is COC(=O)NC(C(=O)N1CCC[C@H]1c1nc2cc([C@H]3CCCN3c3cc(F)c(N4C[C@H]5CCCC[C@H]5C4)c(F)c3)ccc2[nH]1)C(C)C. The van der Waals surface area contributed by atoms with E-state index >= 15 is 8.78 Å². The number of likely N-dealkylation sites (tertiary alicyclic amines) is 1. The average molecular weight is 649 g/mol. The van der Waals surface area contributed by atoms with Gasteiger partial charge in [0.1, 0.15) is 17.6 Å². The highest BCUT2D eigenvalue weighted by atomic mass is 19.1. The second-order valence-corrected chi connectivity index (χ2v) is 14.3. The Kier molecular flexibility index (Phi) is 8.74. The van der Waals surface area contributed by atoms with E-state index in [1.54, 1.807) is 4.90 Å². The van der Waals surface area contributed by atoms with Crippen molar-refractivity contribution in [2.75, 3.05) is 43.1 Å². The minimum atomic E-state index is -0.698. The number of methoxy groups -OCH3 is 1. The molecule has 4 heterocycles. The fourth-order valence-corrected chi connectivity index (χ4v) is 8.63. The van der Waals surface area contributed by atoms with Crippen LogP contribution in [0.5, 0.6) is 0 Å². The number of H-pyrrole nitrogens is 1. The van der Waals surface area contributed by atoms with Gasteiger partial charge in [0.05, 0.1) is 30.2 Å². The highest BCUT2D eigenvalue weighted by Gasteiger charge is 2.39. The van der Waals surface area contributed by atoms with Crippen LogP contribution in [0, 0.1) is 29.4 Å². The van der Waals surface area contributed by atoms with E-state index in [2.05, 4.69) is 27.3 Å². The number of nitrogens with zero attached hydrogens (tertiary/aromatic N) is 4. The van der Waals surface area contributed by atoms with Crippen LogP contribution in [-0.2, 0) is 9.53 Å². The number of alkyl carbamates (subject to hydrolysis) is 1. The summed E-state index contributed by atoms with van der Waals surface area (Å²) in [7, 11) is 1.29. The van der Waals surface area contributed by atoms with Gasteiger partial charge in [0, 0.05) is 31.9 Å². The summed E-state index contributed by atoms with van der Waals surface area (Å²) in [6.07, 6.45) is 7.52. The predicted molar refractivity (Wildman–Crippen MR) is 177 cm³/mol. The molecule has 1 saturated carbocycles. The number of ether oxygens (including phenoxy) is 1. The molecule has 3 aromatic rings. The molecule has 0 radical (unpaired) electrons. The van der Waals surface area contributed by atoms with Crippen molar-refractivity contribution in [1.82, 2.24) is 20.2 Å². The van der Waals surface area contributed by atoms with Gasteiger partial charge in [0.25, 0.3) is 0 Å². The van der Waals surface area contributed by atoms with E-state index in [-0.39, 0.29) is 29.6 Å². The Morgan fingerprint density at radius 2 is 1.62 bits per heavy atom. The van der Waals surface area contributed by atoms with Crippen molar-refractivity contribution in [3.63, 3.8) is 0 Å². The van der Waals surface area contributed by atoms with E-state index in [4.69, 9.17) is 9.72 Å². The highest BCUT2D eigenvalue weighted by Crippen LogP contribution is 2.43. The topological polar surface area (TPSA) is 93.8 Å². The zero-order chi connectivity index (χ0) is 32.8.